The molecule has 1 aromatic carbocycles. The van der Waals surface area contributed by atoms with E-state index in [9.17, 15) is 9.59 Å². The molecule has 0 saturated heterocycles. The number of hydrogen-bond acceptors (Lipinski definition) is 4. The van der Waals surface area contributed by atoms with E-state index in [-0.39, 0.29) is 0 Å². The van der Waals surface area contributed by atoms with E-state index in [4.69, 9.17) is 21.1 Å². The zero-order chi connectivity index (χ0) is 12.1. The third-order valence-corrected chi connectivity index (χ3v) is 2.05. The first-order valence-corrected chi connectivity index (χ1v) is 4.97. The minimum absolute atomic E-state index is 0.370. The zero-order valence-corrected chi connectivity index (χ0v) is 9.65. The first kappa shape index (κ1) is 12.5. The normalized spacial score (nSPS) is 10.0. The van der Waals surface area contributed by atoms with Crippen molar-refractivity contribution in [2.45, 2.75) is 20.1 Å². The summed E-state index contributed by atoms with van der Waals surface area (Å²) in [5, 5.41) is 0.370. The molecule has 0 fully saturated rings. The Bertz CT molecular complexity index is 387. The average molecular weight is 243 g/mol. The Kier molecular flexibility index (Phi) is 4.31. The first-order valence-electron chi connectivity index (χ1n) is 4.59. The Balaban J connectivity index is 2.96. The third-order valence-electron chi connectivity index (χ3n) is 1.71. The molecule has 0 N–H and O–H groups in total. The van der Waals surface area contributed by atoms with E-state index >= 15 is 0 Å². The van der Waals surface area contributed by atoms with Gasteiger partial charge in [-0.1, -0.05) is 29.8 Å². The monoisotopic (exact) mass is 242 g/mol. The summed E-state index contributed by atoms with van der Waals surface area (Å²) >= 11 is 5.90. The van der Waals surface area contributed by atoms with Crippen molar-refractivity contribution in [3.63, 3.8) is 0 Å². The summed E-state index contributed by atoms with van der Waals surface area (Å²) in [6.45, 7) is 2.46. The fraction of sp³-hybridized carbons (Fsp3) is 0.273. The van der Waals surface area contributed by atoms with Gasteiger partial charge < -0.3 is 9.47 Å². The summed E-state index contributed by atoms with van der Waals surface area (Å²) < 4.78 is 9.72. The van der Waals surface area contributed by atoms with E-state index in [0.29, 0.717) is 10.6 Å². The molecule has 0 amide bonds. The Hall–Kier alpha value is -1.55. The summed E-state index contributed by atoms with van der Waals surface area (Å²) in [6.07, 6.45) is -1.09. The van der Waals surface area contributed by atoms with Crippen molar-refractivity contribution in [1.29, 1.82) is 0 Å². The molecular formula is C11H11ClO4. The van der Waals surface area contributed by atoms with Crippen LogP contribution in [-0.2, 0) is 19.1 Å². The van der Waals surface area contributed by atoms with Crippen LogP contribution in [0.1, 0.15) is 25.7 Å². The van der Waals surface area contributed by atoms with Crippen molar-refractivity contribution in [2.75, 3.05) is 0 Å². The van der Waals surface area contributed by atoms with Crippen molar-refractivity contribution in [3.05, 3.63) is 34.9 Å². The number of halogens is 1. The summed E-state index contributed by atoms with van der Waals surface area (Å²) in [7, 11) is 0. The lowest BCUT2D eigenvalue weighted by Crippen LogP contribution is -2.15. The topological polar surface area (TPSA) is 52.6 Å². The number of carbonyl (C=O) groups is 2. The maximum absolute atomic E-state index is 10.9. The van der Waals surface area contributed by atoms with Gasteiger partial charge in [0.1, 0.15) is 0 Å². The van der Waals surface area contributed by atoms with Crippen LogP contribution in [0.4, 0.5) is 0 Å². The summed E-state index contributed by atoms with van der Waals surface area (Å²) in [5.41, 5.74) is 0.439. The molecule has 4 nitrogen and oxygen atoms in total. The van der Waals surface area contributed by atoms with Crippen LogP contribution in [0.5, 0.6) is 0 Å². The summed E-state index contributed by atoms with van der Waals surface area (Å²) in [6, 6.07) is 6.68. The van der Waals surface area contributed by atoms with Gasteiger partial charge in [0.15, 0.2) is 0 Å². The lowest BCUT2D eigenvalue weighted by atomic mass is 10.2. The third kappa shape index (κ3) is 3.55. The van der Waals surface area contributed by atoms with Crippen LogP contribution in [0.3, 0.4) is 0 Å². The molecule has 1 aromatic rings. The van der Waals surface area contributed by atoms with Crippen molar-refractivity contribution in [1.82, 2.24) is 0 Å². The highest BCUT2D eigenvalue weighted by molar-refractivity contribution is 6.31. The maximum Gasteiger partial charge on any atom is 0.305 e. The second-order valence-corrected chi connectivity index (χ2v) is 3.48. The number of hydrogen-bond donors (Lipinski definition) is 0. The van der Waals surface area contributed by atoms with E-state index in [1.807, 2.05) is 0 Å². The van der Waals surface area contributed by atoms with Gasteiger partial charge in [-0.3, -0.25) is 9.59 Å². The molecule has 0 aliphatic heterocycles. The van der Waals surface area contributed by atoms with Gasteiger partial charge in [0, 0.05) is 13.8 Å². The molecule has 5 heteroatoms. The predicted molar refractivity (Wildman–Crippen MR) is 57.7 cm³/mol. The van der Waals surface area contributed by atoms with Gasteiger partial charge >= 0.3 is 11.9 Å². The van der Waals surface area contributed by atoms with Crippen LogP contribution in [-0.4, -0.2) is 11.9 Å². The molecule has 0 aliphatic carbocycles. The molecule has 0 aromatic heterocycles. The van der Waals surface area contributed by atoms with Crippen molar-refractivity contribution in [3.8, 4) is 0 Å². The van der Waals surface area contributed by atoms with Crippen LogP contribution in [0.25, 0.3) is 0 Å². The van der Waals surface area contributed by atoms with Crippen LogP contribution in [0.2, 0.25) is 5.02 Å². The number of carbonyl (C=O) groups excluding carboxylic acids is 2. The molecule has 86 valence electrons. The Labute approximate surface area is 98.1 Å². The summed E-state index contributed by atoms with van der Waals surface area (Å²) in [5.74, 6) is -1.10. The molecule has 0 atom stereocenters. The van der Waals surface area contributed by atoms with Crippen molar-refractivity contribution < 1.29 is 19.1 Å². The smallest absolute Gasteiger partial charge is 0.305 e. The molecule has 0 spiro atoms. The molecule has 1 rings (SSSR count). The SMILES string of the molecule is CC(=O)OC(OC(C)=O)c1ccccc1Cl. The van der Waals surface area contributed by atoms with Gasteiger partial charge in [-0.15, -0.1) is 0 Å². The number of ether oxygens (including phenoxy) is 2. The standard InChI is InChI=1S/C11H11ClO4/c1-7(13)15-11(16-8(2)14)9-5-3-4-6-10(9)12/h3-6,11H,1-2H3. The zero-order valence-electron chi connectivity index (χ0n) is 8.90. The second kappa shape index (κ2) is 5.51. The highest BCUT2D eigenvalue weighted by Gasteiger charge is 2.20. The lowest BCUT2D eigenvalue weighted by molar-refractivity contribution is -0.186. The highest BCUT2D eigenvalue weighted by Crippen LogP contribution is 2.26. The number of esters is 2. The minimum Gasteiger partial charge on any atom is -0.421 e. The quantitative estimate of drug-likeness (QED) is 0.604. The maximum atomic E-state index is 10.9. The van der Waals surface area contributed by atoms with E-state index in [0.717, 1.165) is 0 Å². The van der Waals surface area contributed by atoms with Crippen molar-refractivity contribution >= 4 is 23.5 Å². The predicted octanol–water partition coefficient (Wildman–Crippen LogP) is 2.46. The molecule has 0 saturated carbocycles. The Morgan fingerprint density at radius 3 is 2.06 bits per heavy atom. The molecule has 16 heavy (non-hydrogen) atoms. The number of benzene rings is 1. The van der Waals surface area contributed by atoms with Gasteiger partial charge in [0.2, 0.25) is 0 Å². The van der Waals surface area contributed by atoms with Crippen LogP contribution in [0.15, 0.2) is 24.3 Å². The lowest BCUT2D eigenvalue weighted by Gasteiger charge is -2.17. The van der Waals surface area contributed by atoms with Gasteiger partial charge in [-0.05, 0) is 6.07 Å². The van der Waals surface area contributed by atoms with Crippen LogP contribution in [0, 0.1) is 0 Å². The van der Waals surface area contributed by atoms with Gasteiger partial charge in [0.05, 0.1) is 10.6 Å². The molecule has 0 unspecified atom stereocenters. The minimum atomic E-state index is -1.09. The molecular weight excluding hydrogens is 232 g/mol. The van der Waals surface area contributed by atoms with E-state index in [1.54, 1.807) is 24.3 Å². The van der Waals surface area contributed by atoms with E-state index < -0.39 is 18.2 Å². The van der Waals surface area contributed by atoms with E-state index in [2.05, 4.69) is 0 Å². The Morgan fingerprint density at radius 2 is 1.62 bits per heavy atom. The van der Waals surface area contributed by atoms with Crippen LogP contribution < -0.4 is 0 Å². The van der Waals surface area contributed by atoms with Gasteiger partial charge in [-0.2, -0.15) is 0 Å². The summed E-state index contributed by atoms with van der Waals surface area (Å²) in [4.78, 5) is 21.7. The Morgan fingerprint density at radius 1 is 1.12 bits per heavy atom. The largest absolute Gasteiger partial charge is 0.421 e. The number of rotatable bonds is 3. The molecule has 0 aliphatic rings. The highest BCUT2D eigenvalue weighted by atomic mass is 35.5. The molecule has 0 heterocycles. The molecule has 0 radical (unpaired) electrons. The van der Waals surface area contributed by atoms with Crippen molar-refractivity contribution in [2.24, 2.45) is 0 Å². The second-order valence-electron chi connectivity index (χ2n) is 3.07. The van der Waals surface area contributed by atoms with Gasteiger partial charge in [-0.25, -0.2) is 0 Å². The average Bonchev–Trinajstić information content (AvgIpc) is 2.15. The molecule has 0 bridgehead atoms. The first-order chi connectivity index (χ1) is 7.50. The van der Waals surface area contributed by atoms with Gasteiger partial charge in [0.25, 0.3) is 6.29 Å². The van der Waals surface area contributed by atoms with E-state index in [1.165, 1.54) is 13.8 Å². The van der Waals surface area contributed by atoms with Crippen LogP contribution >= 0.6 is 11.6 Å². The fourth-order valence-electron chi connectivity index (χ4n) is 1.12. The fourth-order valence-corrected chi connectivity index (χ4v) is 1.34.